The molecule has 3 N–H and O–H groups in total. The number of hydrogen-bond acceptors (Lipinski definition) is 7. The lowest BCUT2D eigenvalue weighted by Gasteiger charge is -2.36. The molecule has 3 atom stereocenters. The molecule has 1 aliphatic rings. The SMILES string of the molecule is C=CCCCC(=O)NC(C(=O)NC(C)C(=C=O)N1CCCC(C(=O)OCC(Cl)(Cl)Cl)N1)C(C)C. The maximum atomic E-state index is 12.9. The Labute approximate surface area is 215 Å². The van der Waals surface area contributed by atoms with Crippen molar-refractivity contribution in [2.75, 3.05) is 13.2 Å². The molecule has 3 unspecified atom stereocenters. The van der Waals surface area contributed by atoms with Crippen molar-refractivity contribution in [3.8, 4) is 0 Å². The third-order valence-corrected chi connectivity index (χ3v) is 5.42. The van der Waals surface area contributed by atoms with Crippen molar-refractivity contribution in [1.29, 1.82) is 0 Å². The molecule has 1 aliphatic heterocycles. The van der Waals surface area contributed by atoms with Gasteiger partial charge in [-0.25, -0.2) is 10.2 Å². The largest absolute Gasteiger partial charge is 0.460 e. The number of unbranched alkanes of at least 4 members (excludes halogenated alkanes) is 1. The lowest BCUT2D eigenvalue weighted by Crippen LogP contribution is -2.57. The van der Waals surface area contributed by atoms with Crippen LogP contribution >= 0.6 is 34.8 Å². The number of halogens is 3. The standard InChI is InChI=1S/C22H33Cl3N4O5/c1-5-6-7-10-18(31)27-19(14(2)3)20(32)26-15(4)17(12-30)29-11-8-9-16(28-29)21(33)34-13-22(23,24)25/h5,14-16,19,28H,1,6-11,13H2,2-4H3,(H,26,32)(H,27,31). The second-order valence-electron chi connectivity index (χ2n) is 8.39. The highest BCUT2D eigenvalue weighted by molar-refractivity contribution is 6.67. The van der Waals surface area contributed by atoms with Crippen LogP contribution in [0.1, 0.15) is 52.9 Å². The number of nitrogens with zero attached hydrogens (tertiary/aromatic N) is 1. The summed E-state index contributed by atoms with van der Waals surface area (Å²) >= 11 is 16.8. The average molecular weight is 540 g/mol. The third-order valence-electron chi connectivity index (χ3n) is 5.09. The van der Waals surface area contributed by atoms with Gasteiger partial charge in [-0.3, -0.25) is 19.4 Å². The second kappa shape index (κ2) is 14.6. The molecule has 192 valence electrons. The van der Waals surface area contributed by atoms with Crippen molar-refractivity contribution in [2.24, 2.45) is 5.92 Å². The molecule has 1 fully saturated rings. The van der Waals surface area contributed by atoms with Gasteiger partial charge in [0.2, 0.25) is 15.6 Å². The first kappa shape index (κ1) is 30.3. The average Bonchev–Trinajstić information content (AvgIpc) is 2.75. The zero-order valence-corrected chi connectivity index (χ0v) is 21.9. The van der Waals surface area contributed by atoms with Crippen molar-refractivity contribution in [2.45, 2.75) is 74.8 Å². The summed E-state index contributed by atoms with van der Waals surface area (Å²) in [4.78, 5) is 49.1. The topological polar surface area (TPSA) is 117 Å². The molecule has 12 heteroatoms. The molecule has 0 spiro atoms. The molecular formula is C22H33Cl3N4O5. The molecule has 0 bridgehead atoms. The Kier molecular flexibility index (Phi) is 13.0. The zero-order chi connectivity index (χ0) is 25.9. The molecule has 1 saturated heterocycles. The number of rotatable bonds is 12. The summed E-state index contributed by atoms with van der Waals surface area (Å²) in [6, 6.07) is -2.27. The van der Waals surface area contributed by atoms with Gasteiger partial charge in [0.05, 0.1) is 6.04 Å². The van der Waals surface area contributed by atoms with Crippen LogP contribution in [-0.4, -0.2) is 63.8 Å². The summed E-state index contributed by atoms with van der Waals surface area (Å²) in [5.41, 5.74) is 3.01. The summed E-state index contributed by atoms with van der Waals surface area (Å²) in [5.74, 6) is 0.374. The maximum Gasteiger partial charge on any atom is 0.325 e. The quantitative estimate of drug-likeness (QED) is 0.115. The van der Waals surface area contributed by atoms with Crippen molar-refractivity contribution in [3.05, 3.63) is 18.4 Å². The minimum atomic E-state index is -1.73. The molecule has 0 radical (unpaired) electrons. The fourth-order valence-electron chi connectivity index (χ4n) is 3.32. The first-order valence-electron chi connectivity index (χ1n) is 11.1. The predicted octanol–water partition coefficient (Wildman–Crippen LogP) is 2.59. The molecule has 0 saturated carbocycles. The molecule has 0 aromatic rings. The number of carbonyl (C=O) groups excluding carboxylic acids is 4. The highest BCUT2D eigenvalue weighted by Crippen LogP contribution is 2.26. The van der Waals surface area contributed by atoms with Gasteiger partial charge in [0.25, 0.3) is 0 Å². The molecule has 9 nitrogen and oxygen atoms in total. The summed E-state index contributed by atoms with van der Waals surface area (Å²) < 4.78 is 3.28. The smallest absolute Gasteiger partial charge is 0.325 e. The zero-order valence-electron chi connectivity index (χ0n) is 19.7. The fourth-order valence-corrected chi connectivity index (χ4v) is 3.48. The monoisotopic (exact) mass is 538 g/mol. The highest BCUT2D eigenvalue weighted by Gasteiger charge is 2.33. The molecule has 0 aliphatic carbocycles. The van der Waals surface area contributed by atoms with Crippen LogP contribution in [0.4, 0.5) is 0 Å². The maximum absolute atomic E-state index is 12.9. The lowest BCUT2D eigenvalue weighted by molar-refractivity contribution is -0.148. The van der Waals surface area contributed by atoms with Crippen LogP contribution in [0.3, 0.4) is 0 Å². The van der Waals surface area contributed by atoms with E-state index in [1.807, 2.05) is 19.8 Å². The van der Waals surface area contributed by atoms with Crippen LogP contribution in [0.15, 0.2) is 18.4 Å². The Hall–Kier alpha value is -1.77. The number of hydrogen-bond donors (Lipinski definition) is 3. The van der Waals surface area contributed by atoms with Crippen LogP contribution in [-0.2, 0) is 23.9 Å². The van der Waals surface area contributed by atoms with Gasteiger partial charge in [0.15, 0.2) is 0 Å². The van der Waals surface area contributed by atoms with Gasteiger partial charge in [-0.2, -0.15) is 0 Å². The second-order valence-corrected chi connectivity index (χ2v) is 10.9. The number of nitrogens with one attached hydrogen (secondary N) is 3. The summed E-state index contributed by atoms with van der Waals surface area (Å²) in [7, 11) is 0. The lowest BCUT2D eigenvalue weighted by atomic mass is 10.0. The molecular weight excluding hydrogens is 507 g/mol. The number of hydrazine groups is 1. The van der Waals surface area contributed by atoms with E-state index in [0.29, 0.717) is 32.2 Å². The summed E-state index contributed by atoms with van der Waals surface area (Å²) in [6.07, 6.45) is 4.39. The molecule has 1 heterocycles. The Morgan fingerprint density at radius 2 is 1.94 bits per heavy atom. The van der Waals surface area contributed by atoms with Gasteiger partial charge in [-0.1, -0.05) is 54.7 Å². The van der Waals surface area contributed by atoms with Crippen LogP contribution in [0.25, 0.3) is 0 Å². The minimum absolute atomic E-state index is 0.104. The van der Waals surface area contributed by atoms with E-state index >= 15 is 0 Å². The van der Waals surface area contributed by atoms with Crippen LogP contribution < -0.4 is 16.1 Å². The Bertz CT molecular complexity index is 781. The normalized spacial score (nSPS) is 17.9. The summed E-state index contributed by atoms with van der Waals surface area (Å²) in [5, 5.41) is 6.96. The van der Waals surface area contributed by atoms with Gasteiger partial charge in [0, 0.05) is 13.0 Å². The van der Waals surface area contributed by atoms with E-state index in [2.05, 4.69) is 22.6 Å². The van der Waals surface area contributed by atoms with Gasteiger partial charge in [0.1, 0.15) is 30.3 Å². The number of ether oxygens (including phenoxy) is 1. The Morgan fingerprint density at radius 1 is 1.26 bits per heavy atom. The van der Waals surface area contributed by atoms with Crippen LogP contribution in [0.2, 0.25) is 0 Å². The van der Waals surface area contributed by atoms with E-state index in [1.54, 1.807) is 13.0 Å². The molecule has 1 rings (SSSR count). The number of esters is 1. The first-order valence-corrected chi connectivity index (χ1v) is 12.3. The van der Waals surface area contributed by atoms with Gasteiger partial charge in [-0.15, -0.1) is 6.58 Å². The molecule has 34 heavy (non-hydrogen) atoms. The highest BCUT2D eigenvalue weighted by atomic mass is 35.6. The van der Waals surface area contributed by atoms with E-state index in [-0.39, 0.29) is 23.9 Å². The van der Waals surface area contributed by atoms with E-state index < -0.39 is 40.4 Å². The number of amides is 2. The molecule has 0 aromatic carbocycles. The summed E-state index contributed by atoms with van der Waals surface area (Å²) in [6.45, 7) is 8.87. The van der Waals surface area contributed by atoms with Gasteiger partial charge in [-0.05, 0) is 38.5 Å². The molecule has 0 aromatic heterocycles. The predicted molar refractivity (Wildman–Crippen MR) is 132 cm³/mol. The first-order chi connectivity index (χ1) is 15.9. The number of carbonyl (C=O) groups is 3. The minimum Gasteiger partial charge on any atom is -0.460 e. The van der Waals surface area contributed by atoms with E-state index in [9.17, 15) is 19.2 Å². The van der Waals surface area contributed by atoms with E-state index in [1.165, 1.54) is 5.01 Å². The fraction of sp³-hybridized carbons (Fsp3) is 0.682. The third kappa shape index (κ3) is 10.7. The van der Waals surface area contributed by atoms with Crippen molar-refractivity contribution < 1.29 is 23.9 Å². The van der Waals surface area contributed by atoms with Crippen molar-refractivity contribution >= 4 is 58.5 Å². The van der Waals surface area contributed by atoms with Crippen LogP contribution in [0.5, 0.6) is 0 Å². The van der Waals surface area contributed by atoms with Crippen molar-refractivity contribution in [1.82, 2.24) is 21.1 Å². The van der Waals surface area contributed by atoms with Crippen LogP contribution in [0, 0.1) is 5.92 Å². The van der Waals surface area contributed by atoms with E-state index in [4.69, 9.17) is 39.5 Å². The van der Waals surface area contributed by atoms with Gasteiger partial charge < -0.3 is 15.4 Å². The van der Waals surface area contributed by atoms with Crippen molar-refractivity contribution in [3.63, 3.8) is 0 Å². The Balaban J connectivity index is 2.76. The Morgan fingerprint density at radius 3 is 2.50 bits per heavy atom. The molecule has 2 amide bonds. The number of allylic oxidation sites excluding steroid dienone is 1. The number of alkyl halides is 3. The van der Waals surface area contributed by atoms with Gasteiger partial charge >= 0.3 is 5.97 Å². The van der Waals surface area contributed by atoms with E-state index in [0.717, 1.165) is 0 Å².